The average Bonchev–Trinajstić information content (AvgIpc) is 2.74. The monoisotopic (exact) mass is 419 g/mol. The number of carbonyl (C=O) groups is 1. The van der Waals surface area contributed by atoms with Crippen LogP contribution < -0.4 is 11.3 Å². The highest BCUT2D eigenvalue weighted by molar-refractivity contribution is 6.35. The molecular formula is C22H18ClN5O2. The molecule has 4 rings (SSSR count). The molecule has 0 spiro atoms. The van der Waals surface area contributed by atoms with Gasteiger partial charge in [-0.1, -0.05) is 42.8 Å². The number of benzene rings is 2. The second-order valence-electron chi connectivity index (χ2n) is 6.90. The number of anilines is 1. The summed E-state index contributed by atoms with van der Waals surface area (Å²) in [4.78, 5) is 38.8. The first-order valence-electron chi connectivity index (χ1n) is 9.33. The van der Waals surface area contributed by atoms with Gasteiger partial charge in [-0.25, -0.2) is 15.0 Å². The fourth-order valence-corrected chi connectivity index (χ4v) is 3.64. The number of rotatable bonds is 5. The van der Waals surface area contributed by atoms with Gasteiger partial charge in [0.2, 0.25) is 0 Å². The lowest BCUT2D eigenvalue weighted by Crippen LogP contribution is -2.26. The lowest BCUT2D eigenvalue weighted by Gasteiger charge is -2.18. The number of halogens is 1. The third kappa shape index (κ3) is 3.55. The highest BCUT2D eigenvalue weighted by Crippen LogP contribution is 2.26. The Morgan fingerprint density at radius 2 is 1.83 bits per heavy atom. The van der Waals surface area contributed by atoms with Gasteiger partial charge < -0.3 is 5.73 Å². The van der Waals surface area contributed by atoms with Gasteiger partial charge in [-0.05, 0) is 24.3 Å². The largest absolute Gasteiger partial charge is 0.382 e. The van der Waals surface area contributed by atoms with Crippen molar-refractivity contribution < 1.29 is 4.79 Å². The maximum absolute atomic E-state index is 13.4. The molecule has 0 radical (unpaired) electrons. The maximum atomic E-state index is 13.4. The number of hydrogen-bond acceptors (Lipinski definition) is 6. The van der Waals surface area contributed by atoms with E-state index in [-0.39, 0.29) is 29.3 Å². The molecule has 0 aliphatic rings. The minimum absolute atomic E-state index is 0.0637. The molecular weight excluding hydrogens is 402 g/mol. The minimum atomic E-state index is -0.393. The van der Waals surface area contributed by atoms with Crippen LogP contribution in [0.25, 0.3) is 16.6 Å². The Hall–Kier alpha value is -3.58. The fraction of sp³-hybridized carbons (Fsp3) is 0.136. The normalized spacial score (nSPS) is 12.1. The maximum Gasteiger partial charge on any atom is 0.267 e. The average molecular weight is 420 g/mol. The minimum Gasteiger partial charge on any atom is -0.382 e. The van der Waals surface area contributed by atoms with Crippen LogP contribution in [0.3, 0.4) is 0 Å². The fourth-order valence-electron chi connectivity index (χ4n) is 3.39. The summed E-state index contributed by atoms with van der Waals surface area (Å²) in [6, 6.07) is 14.3. The highest BCUT2D eigenvalue weighted by atomic mass is 35.5. The van der Waals surface area contributed by atoms with E-state index in [2.05, 4.69) is 9.97 Å². The van der Waals surface area contributed by atoms with Crippen LogP contribution in [0.4, 0.5) is 5.82 Å². The molecule has 8 heteroatoms. The van der Waals surface area contributed by atoms with Crippen molar-refractivity contribution in [3.05, 3.63) is 87.8 Å². The van der Waals surface area contributed by atoms with E-state index in [0.29, 0.717) is 27.4 Å². The van der Waals surface area contributed by atoms with E-state index in [4.69, 9.17) is 22.3 Å². The number of nitrogens with zero attached hydrogens (tertiary/aromatic N) is 4. The Labute approximate surface area is 177 Å². The summed E-state index contributed by atoms with van der Waals surface area (Å²) < 4.78 is 1.51. The van der Waals surface area contributed by atoms with Gasteiger partial charge in [0.05, 0.1) is 21.6 Å². The number of nitrogen functional groups attached to an aromatic ring is 1. The molecule has 30 heavy (non-hydrogen) atoms. The van der Waals surface area contributed by atoms with Gasteiger partial charge in [-0.15, -0.1) is 0 Å². The molecule has 2 heterocycles. The number of Topliss-reactive ketones (excluding diaryl/α,β-unsaturated/α-hetero) is 1. The van der Waals surface area contributed by atoms with Crippen LogP contribution in [-0.4, -0.2) is 25.3 Å². The summed E-state index contributed by atoms with van der Waals surface area (Å²) in [7, 11) is 0. The van der Waals surface area contributed by atoms with Gasteiger partial charge >= 0.3 is 0 Å². The zero-order valence-electron chi connectivity index (χ0n) is 16.1. The third-order valence-corrected chi connectivity index (χ3v) is 5.13. The summed E-state index contributed by atoms with van der Waals surface area (Å²) in [5.41, 5.74) is 6.74. The summed E-state index contributed by atoms with van der Waals surface area (Å²) in [5.74, 6) is -0.131. The molecule has 0 saturated carbocycles. The molecule has 0 bridgehead atoms. The lowest BCUT2D eigenvalue weighted by atomic mass is 10.0. The standard InChI is InChI=1S/C22H18ClN5O2/c1-13(12-17(29)19-20(24)26-11-10-25-19)21-27-16-9-5-8-15(23)18(16)22(30)28(21)14-6-3-2-4-7-14/h2-11,13H,12H2,1H3,(H2,24,26)/t13-/m1/s1. The molecule has 0 aliphatic carbocycles. The SMILES string of the molecule is C[C@H](CC(=O)c1nccnc1N)c1nc2cccc(Cl)c2c(=O)n1-c1ccccc1. The van der Waals surface area contributed by atoms with E-state index in [9.17, 15) is 9.59 Å². The third-order valence-electron chi connectivity index (χ3n) is 4.81. The number of ketones is 1. The number of aromatic nitrogens is 4. The molecule has 2 N–H and O–H groups in total. The van der Waals surface area contributed by atoms with Crippen molar-refractivity contribution in [2.45, 2.75) is 19.3 Å². The van der Waals surface area contributed by atoms with Crippen molar-refractivity contribution in [3.63, 3.8) is 0 Å². The van der Waals surface area contributed by atoms with Gasteiger partial charge in [-0.2, -0.15) is 0 Å². The molecule has 1 atom stereocenters. The quantitative estimate of drug-likeness (QED) is 0.493. The van der Waals surface area contributed by atoms with Crippen molar-refractivity contribution in [2.75, 3.05) is 5.73 Å². The van der Waals surface area contributed by atoms with E-state index >= 15 is 0 Å². The number of hydrogen-bond donors (Lipinski definition) is 1. The number of para-hydroxylation sites is 1. The van der Waals surface area contributed by atoms with E-state index < -0.39 is 5.92 Å². The van der Waals surface area contributed by atoms with Gasteiger partial charge in [0.15, 0.2) is 11.6 Å². The van der Waals surface area contributed by atoms with Gasteiger partial charge in [-0.3, -0.25) is 14.2 Å². The van der Waals surface area contributed by atoms with E-state index in [1.54, 1.807) is 18.2 Å². The Morgan fingerprint density at radius 3 is 2.57 bits per heavy atom. The Kier molecular flexibility index (Phi) is 5.29. The van der Waals surface area contributed by atoms with Gasteiger partial charge in [0.25, 0.3) is 5.56 Å². The van der Waals surface area contributed by atoms with Crippen LogP contribution in [0.15, 0.2) is 65.7 Å². The summed E-state index contributed by atoms with van der Waals surface area (Å²) in [6.07, 6.45) is 2.91. The van der Waals surface area contributed by atoms with Crippen molar-refractivity contribution in [3.8, 4) is 5.69 Å². The number of carbonyl (C=O) groups excluding carboxylic acids is 1. The molecule has 2 aromatic heterocycles. The first kappa shape index (κ1) is 19.7. The van der Waals surface area contributed by atoms with Crippen LogP contribution in [0.5, 0.6) is 0 Å². The van der Waals surface area contributed by atoms with E-state index in [1.807, 2.05) is 37.3 Å². The first-order chi connectivity index (χ1) is 14.5. The smallest absolute Gasteiger partial charge is 0.267 e. The van der Waals surface area contributed by atoms with Crippen molar-refractivity contribution in [1.82, 2.24) is 19.5 Å². The van der Waals surface area contributed by atoms with Crippen molar-refractivity contribution >= 4 is 34.1 Å². The van der Waals surface area contributed by atoms with Crippen molar-refractivity contribution in [2.24, 2.45) is 0 Å². The van der Waals surface area contributed by atoms with E-state index in [1.165, 1.54) is 17.0 Å². The second-order valence-corrected chi connectivity index (χ2v) is 7.31. The topological polar surface area (TPSA) is 104 Å². The Morgan fingerprint density at radius 1 is 1.10 bits per heavy atom. The molecule has 2 aromatic carbocycles. The highest BCUT2D eigenvalue weighted by Gasteiger charge is 2.23. The molecule has 0 amide bonds. The molecule has 7 nitrogen and oxygen atoms in total. The Bertz CT molecular complexity index is 1300. The first-order valence-corrected chi connectivity index (χ1v) is 9.71. The lowest BCUT2D eigenvalue weighted by molar-refractivity contribution is 0.0970. The predicted octanol–water partition coefficient (Wildman–Crippen LogP) is 3.79. The van der Waals surface area contributed by atoms with Crippen LogP contribution in [0.1, 0.15) is 35.6 Å². The molecule has 0 saturated heterocycles. The van der Waals surface area contributed by atoms with Crippen LogP contribution in [0, 0.1) is 0 Å². The van der Waals surface area contributed by atoms with Gasteiger partial charge in [0, 0.05) is 24.7 Å². The number of fused-ring (bicyclic) bond motifs is 1. The summed E-state index contributed by atoms with van der Waals surface area (Å²) in [5, 5.41) is 0.667. The summed E-state index contributed by atoms with van der Waals surface area (Å²) in [6.45, 7) is 1.84. The van der Waals surface area contributed by atoms with Crippen LogP contribution in [-0.2, 0) is 0 Å². The van der Waals surface area contributed by atoms with Crippen LogP contribution >= 0.6 is 11.6 Å². The van der Waals surface area contributed by atoms with Gasteiger partial charge in [0.1, 0.15) is 11.5 Å². The molecule has 4 aromatic rings. The molecule has 0 unspecified atom stereocenters. The molecule has 150 valence electrons. The van der Waals surface area contributed by atoms with Crippen molar-refractivity contribution in [1.29, 1.82) is 0 Å². The summed E-state index contributed by atoms with van der Waals surface area (Å²) >= 11 is 6.30. The molecule has 0 aliphatic heterocycles. The number of nitrogens with two attached hydrogens (primary N) is 1. The predicted molar refractivity (Wildman–Crippen MR) is 116 cm³/mol. The Balaban J connectivity index is 1.86. The van der Waals surface area contributed by atoms with Crippen LogP contribution in [0.2, 0.25) is 5.02 Å². The van der Waals surface area contributed by atoms with E-state index in [0.717, 1.165) is 0 Å². The molecule has 0 fully saturated rings. The second kappa shape index (κ2) is 8.04. The zero-order chi connectivity index (χ0) is 21.3. The zero-order valence-corrected chi connectivity index (χ0v) is 16.9.